The van der Waals surface area contributed by atoms with Crippen LogP contribution in [0, 0.1) is 0 Å². The average molecular weight is 499 g/mol. The van der Waals surface area contributed by atoms with Crippen molar-refractivity contribution in [1.82, 2.24) is 4.90 Å². The van der Waals surface area contributed by atoms with Crippen molar-refractivity contribution in [2.75, 3.05) is 13.1 Å². The number of nitrogens with two attached hydrogens (primary N) is 2. The van der Waals surface area contributed by atoms with Gasteiger partial charge in [0.1, 0.15) is 6.04 Å². The van der Waals surface area contributed by atoms with E-state index < -0.39 is 17.4 Å². The van der Waals surface area contributed by atoms with Gasteiger partial charge in [0.15, 0.2) is 0 Å². The van der Waals surface area contributed by atoms with Gasteiger partial charge in [0.05, 0.1) is 5.41 Å². The first-order chi connectivity index (χ1) is 13.8. The number of carbonyl (C=O) groups is 2. The van der Waals surface area contributed by atoms with Crippen LogP contribution in [0.25, 0.3) is 0 Å². The van der Waals surface area contributed by atoms with Gasteiger partial charge in [0.25, 0.3) is 0 Å². The highest BCUT2D eigenvalue weighted by Gasteiger charge is 2.55. The Morgan fingerprint density at radius 2 is 1.79 bits per heavy atom. The molecule has 0 aromatic heterocycles. The molecule has 2 amide bonds. The third-order valence-electron chi connectivity index (χ3n) is 5.28. The molecular formula is C21H22BrCl2N3O2. The van der Waals surface area contributed by atoms with Crippen molar-refractivity contribution in [1.29, 1.82) is 0 Å². The monoisotopic (exact) mass is 497 g/mol. The lowest BCUT2D eigenvalue weighted by atomic mass is 9.92. The molecule has 1 aliphatic rings. The predicted octanol–water partition coefficient (Wildman–Crippen LogP) is 3.67. The highest BCUT2D eigenvalue weighted by atomic mass is 79.9. The number of carbonyl (C=O) groups excluding carboxylic acids is 2. The van der Waals surface area contributed by atoms with Gasteiger partial charge in [-0.1, -0.05) is 57.3 Å². The maximum Gasteiger partial charge on any atom is 0.240 e. The second-order valence-corrected chi connectivity index (χ2v) is 9.00. The largest absolute Gasteiger partial charge is 0.368 e. The van der Waals surface area contributed by atoms with Gasteiger partial charge in [0.2, 0.25) is 11.8 Å². The maximum absolute atomic E-state index is 13.6. The number of hydrogen-bond donors (Lipinski definition) is 2. The Morgan fingerprint density at radius 1 is 1.14 bits per heavy atom. The van der Waals surface area contributed by atoms with Gasteiger partial charge in [-0.15, -0.1) is 0 Å². The average Bonchev–Trinajstić information content (AvgIpc) is 3.47. The number of hydrogen-bond acceptors (Lipinski definition) is 3. The van der Waals surface area contributed by atoms with Crippen molar-refractivity contribution in [3.05, 3.63) is 68.1 Å². The van der Waals surface area contributed by atoms with E-state index in [9.17, 15) is 9.59 Å². The predicted molar refractivity (Wildman–Crippen MR) is 119 cm³/mol. The Balaban J connectivity index is 1.92. The van der Waals surface area contributed by atoms with E-state index in [1.165, 1.54) is 4.90 Å². The van der Waals surface area contributed by atoms with Gasteiger partial charge in [-0.3, -0.25) is 9.59 Å². The molecule has 154 valence electrons. The van der Waals surface area contributed by atoms with Crippen molar-refractivity contribution >= 4 is 50.9 Å². The molecule has 2 aromatic carbocycles. The summed E-state index contributed by atoms with van der Waals surface area (Å²) in [7, 11) is 0. The molecule has 0 unspecified atom stereocenters. The lowest BCUT2D eigenvalue weighted by Gasteiger charge is -2.33. The number of nitrogens with zero attached hydrogens (tertiary/aromatic N) is 1. The van der Waals surface area contributed by atoms with Crippen molar-refractivity contribution in [2.45, 2.75) is 30.7 Å². The van der Waals surface area contributed by atoms with Crippen LogP contribution < -0.4 is 11.5 Å². The molecule has 3 rings (SSSR count). The molecule has 1 atom stereocenters. The minimum atomic E-state index is -0.796. The minimum absolute atomic E-state index is 0.173. The van der Waals surface area contributed by atoms with Crippen LogP contribution in [0.3, 0.4) is 0 Å². The second kappa shape index (κ2) is 9.04. The summed E-state index contributed by atoms with van der Waals surface area (Å²) in [6.45, 7) is 0.455. The Morgan fingerprint density at radius 3 is 2.31 bits per heavy atom. The van der Waals surface area contributed by atoms with E-state index in [4.69, 9.17) is 34.7 Å². The molecule has 4 N–H and O–H groups in total. The van der Waals surface area contributed by atoms with Crippen LogP contribution in [0.1, 0.15) is 24.0 Å². The Bertz CT molecular complexity index is 917. The van der Waals surface area contributed by atoms with Crippen LogP contribution >= 0.6 is 39.1 Å². The molecule has 1 aliphatic carbocycles. The summed E-state index contributed by atoms with van der Waals surface area (Å²) < 4.78 is 0.932. The molecule has 0 heterocycles. The molecule has 0 bridgehead atoms. The first-order valence-corrected chi connectivity index (χ1v) is 10.8. The van der Waals surface area contributed by atoms with Crippen molar-refractivity contribution in [3.8, 4) is 0 Å². The lowest BCUT2D eigenvalue weighted by Crippen LogP contribution is -2.54. The lowest BCUT2D eigenvalue weighted by molar-refractivity contribution is -0.141. The normalized spacial score (nSPS) is 15.6. The molecule has 2 aromatic rings. The van der Waals surface area contributed by atoms with Crippen molar-refractivity contribution in [3.63, 3.8) is 0 Å². The number of amides is 2. The second-order valence-electron chi connectivity index (χ2n) is 7.24. The Labute approximate surface area is 188 Å². The van der Waals surface area contributed by atoms with Gasteiger partial charge < -0.3 is 16.4 Å². The van der Waals surface area contributed by atoms with E-state index in [1.54, 1.807) is 18.2 Å². The van der Waals surface area contributed by atoms with E-state index >= 15 is 0 Å². The fourth-order valence-electron chi connectivity index (χ4n) is 3.62. The molecule has 1 fully saturated rings. The topological polar surface area (TPSA) is 89.4 Å². The number of primary amides is 1. The number of rotatable bonds is 8. The minimum Gasteiger partial charge on any atom is -0.368 e. The summed E-state index contributed by atoms with van der Waals surface area (Å²) in [4.78, 5) is 27.4. The van der Waals surface area contributed by atoms with Gasteiger partial charge in [-0.2, -0.15) is 0 Å². The van der Waals surface area contributed by atoms with Crippen molar-refractivity contribution < 1.29 is 9.59 Å². The van der Waals surface area contributed by atoms with Gasteiger partial charge >= 0.3 is 0 Å². The summed E-state index contributed by atoms with van der Waals surface area (Å²) in [5.41, 5.74) is 12.4. The zero-order chi connectivity index (χ0) is 21.2. The molecule has 29 heavy (non-hydrogen) atoms. The number of halogens is 3. The number of benzene rings is 2. The van der Waals surface area contributed by atoms with E-state index in [0.29, 0.717) is 29.3 Å². The molecule has 1 saturated carbocycles. The molecule has 8 heteroatoms. The summed E-state index contributed by atoms with van der Waals surface area (Å²) in [5, 5.41) is 0.950. The first kappa shape index (κ1) is 22.1. The van der Waals surface area contributed by atoms with Gasteiger partial charge in [-0.05, 0) is 48.2 Å². The Kier molecular flexibility index (Phi) is 6.89. The quantitative estimate of drug-likeness (QED) is 0.581. The van der Waals surface area contributed by atoms with Gasteiger partial charge in [-0.25, -0.2) is 0 Å². The zero-order valence-corrected chi connectivity index (χ0v) is 18.8. The molecule has 0 aliphatic heterocycles. The summed E-state index contributed by atoms with van der Waals surface area (Å²) in [5.74, 6) is -0.735. The molecule has 0 spiro atoms. The van der Waals surface area contributed by atoms with Crippen LogP contribution in [0.2, 0.25) is 10.0 Å². The van der Waals surface area contributed by atoms with E-state index in [2.05, 4.69) is 15.9 Å². The van der Waals surface area contributed by atoms with Gasteiger partial charge in [0, 0.05) is 34.0 Å². The molecular weight excluding hydrogens is 477 g/mol. The van der Waals surface area contributed by atoms with Crippen LogP contribution in [-0.4, -0.2) is 35.8 Å². The summed E-state index contributed by atoms with van der Waals surface area (Å²) >= 11 is 15.8. The zero-order valence-electron chi connectivity index (χ0n) is 15.7. The van der Waals surface area contributed by atoms with E-state index in [1.807, 2.05) is 24.3 Å². The van der Waals surface area contributed by atoms with Crippen LogP contribution in [0.5, 0.6) is 0 Å². The van der Waals surface area contributed by atoms with Crippen LogP contribution in [-0.2, 0) is 21.4 Å². The SMILES string of the molecule is NCCN(C(=O)C1(c2ccc(Cl)cc2Cl)CC1)[C@@H](Cc1ccc(Br)cc1)C(N)=O. The molecule has 0 radical (unpaired) electrons. The van der Waals surface area contributed by atoms with Crippen LogP contribution in [0.4, 0.5) is 0 Å². The molecule has 0 saturated heterocycles. The highest BCUT2D eigenvalue weighted by Crippen LogP contribution is 2.52. The molecule has 5 nitrogen and oxygen atoms in total. The highest BCUT2D eigenvalue weighted by molar-refractivity contribution is 9.10. The van der Waals surface area contributed by atoms with Crippen molar-refractivity contribution in [2.24, 2.45) is 11.5 Å². The third-order valence-corrected chi connectivity index (χ3v) is 6.36. The fourth-order valence-corrected chi connectivity index (χ4v) is 4.48. The van der Waals surface area contributed by atoms with E-state index in [0.717, 1.165) is 15.6 Å². The third kappa shape index (κ3) is 4.77. The maximum atomic E-state index is 13.6. The fraction of sp³-hybridized carbons (Fsp3) is 0.333. The summed E-state index contributed by atoms with van der Waals surface area (Å²) in [6.07, 6.45) is 1.62. The summed E-state index contributed by atoms with van der Waals surface area (Å²) in [6, 6.07) is 11.9. The first-order valence-electron chi connectivity index (χ1n) is 9.29. The smallest absolute Gasteiger partial charge is 0.240 e. The van der Waals surface area contributed by atoms with E-state index in [-0.39, 0.29) is 19.0 Å². The van der Waals surface area contributed by atoms with Crippen LogP contribution in [0.15, 0.2) is 46.9 Å². The Hall–Kier alpha value is -1.60. The standard InChI is InChI=1S/C21H22BrCl2N3O2/c22-14-3-1-13(2-4-14)11-18(19(26)28)27(10-9-25)20(29)21(7-8-21)16-6-5-15(23)12-17(16)24/h1-6,12,18H,7-11,25H2,(H2,26,28)/t18-/m0/s1.